The summed E-state index contributed by atoms with van der Waals surface area (Å²) in [5.41, 5.74) is 2.40. The van der Waals surface area contributed by atoms with Crippen molar-refractivity contribution in [3.8, 4) is 0 Å². The average molecular weight is 1100 g/mol. The molecule has 12 N–H and O–H groups in total. The molecule has 6 atom stereocenters. The minimum absolute atomic E-state index is 0.0802. The molecule has 0 aliphatic rings. The van der Waals surface area contributed by atoms with E-state index in [1.165, 1.54) is 0 Å². The second-order valence-electron chi connectivity index (χ2n) is 22.8. The van der Waals surface area contributed by atoms with Gasteiger partial charge in [-0.1, -0.05) is 96.9 Å². The molecule has 0 aliphatic carbocycles. The highest BCUT2D eigenvalue weighted by Gasteiger charge is 2.26. The van der Waals surface area contributed by atoms with Crippen LogP contribution in [-0.4, -0.2) is 96.3 Å². The van der Waals surface area contributed by atoms with E-state index in [0.29, 0.717) is 85.3 Å². The van der Waals surface area contributed by atoms with E-state index >= 15 is 0 Å². The van der Waals surface area contributed by atoms with Crippen LogP contribution in [0.15, 0.2) is 48.5 Å². The minimum Gasteiger partial charge on any atom is -0.354 e. The van der Waals surface area contributed by atoms with Gasteiger partial charge in [0.15, 0.2) is 10.2 Å². The molecule has 0 saturated heterocycles. The van der Waals surface area contributed by atoms with Crippen LogP contribution in [0.1, 0.15) is 135 Å². The number of thiocarbonyl (C=S) groups is 2. The van der Waals surface area contributed by atoms with Crippen molar-refractivity contribution in [2.45, 2.75) is 160 Å². The van der Waals surface area contributed by atoms with Crippen molar-refractivity contribution in [3.05, 3.63) is 48.5 Å². The Morgan fingerprint density at radius 2 is 0.579 bits per heavy atom. The lowest BCUT2D eigenvalue weighted by molar-refractivity contribution is -0.124. The summed E-state index contributed by atoms with van der Waals surface area (Å²) < 4.78 is 0. The maximum Gasteiger partial charge on any atom is 0.319 e. The van der Waals surface area contributed by atoms with Crippen LogP contribution < -0.4 is 63.8 Å². The normalized spacial score (nSPS) is 13.7. The van der Waals surface area contributed by atoms with Crippen molar-refractivity contribution in [3.63, 3.8) is 0 Å². The van der Waals surface area contributed by atoms with Gasteiger partial charge in [0.05, 0.1) is 0 Å². The van der Waals surface area contributed by atoms with E-state index < -0.39 is 36.2 Å². The van der Waals surface area contributed by atoms with Crippen molar-refractivity contribution < 1.29 is 28.8 Å². The Kier molecular flexibility index (Phi) is 30.4. The zero-order valence-corrected chi connectivity index (χ0v) is 49.5. The largest absolute Gasteiger partial charge is 0.354 e. The fraction of sp³-hybridized carbons (Fsp3) is 0.643. The smallest absolute Gasteiger partial charge is 0.319 e. The molecule has 8 amide bonds. The summed E-state index contributed by atoms with van der Waals surface area (Å²) in [7, 11) is 0. The summed E-state index contributed by atoms with van der Waals surface area (Å²) in [5, 5.41) is 36.5. The van der Waals surface area contributed by atoms with Gasteiger partial charge >= 0.3 is 12.1 Å². The van der Waals surface area contributed by atoms with Crippen LogP contribution in [-0.2, 0) is 19.2 Å². The van der Waals surface area contributed by atoms with Gasteiger partial charge in [0, 0.05) is 48.9 Å². The molecule has 2 unspecified atom stereocenters. The number of benzene rings is 2. The molecule has 0 aliphatic heterocycles. The molecular formula is C56H94N12O6S2. The summed E-state index contributed by atoms with van der Waals surface area (Å²) in [5.74, 6) is 1.04. The maximum absolute atomic E-state index is 13.5. The fourth-order valence-corrected chi connectivity index (χ4v) is 8.33. The van der Waals surface area contributed by atoms with Crippen LogP contribution in [0, 0.1) is 47.3 Å². The van der Waals surface area contributed by atoms with Crippen molar-refractivity contribution in [2.24, 2.45) is 47.3 Å². The molecule has 18 nitrogen and oxygen atoms in total. The Hall–Kier alpha value is -5.76. The van der Waals surface area contributed by atoms with Gasteiger partial charge in [0.2, 0.25) is 23.6 Å². The lowest BCUT2D eigenvalue weighted by atomic mass is 9.97. The molecule has 426 valence electrons. The molecule has 0 fully saturated rings. The van der Waals surface area contributed by atoms with Crippen molar-refractivity contribution in [1.29, 1.82) is 0 Å². The first-order valence-corrected chi connectivity index (χ1v) is 28.1. The summed E-state index contributed by atoms with van der Waals surface area (Å²) in [4.78, 5) is 78.5. The van der Waals surface area contributed by atoms with E-state index in [0.717, 1.165) is 24.2 Å². The van der Waals surface area contributed by atoms with E-state index in [1.54, 1.807) is 24.3 Å². The first kappa shape index (κ1) is 66.4. The molecule has 0 saturated carbocycles. The Labute approximate surface area is 465 Å². The van der Waals surface area contributed by atoms with E-state index in [-0.39, 0.29) is 59.1 Å². The zero-order chi connectivity index (χ0) is 57.1. The fourth-order valence-electron chi connectivity index (χ4n) is 7.81. The third kappa shape index (κ3) is 28.9. The molecule has 2 rings (SSSR count). The first-order valence-electron chi connectivity index (χ1n) is 27.3. The van der Waals surface area contributed by atoms with Crippen LogP contribution >= 0.6 is 24.4 Å². The maximum atomic E-state index is 13.5. The number of rotatable bonds is 31. The zero-order valence-electron chi connectivity index (χ0n) is 47.9. The van der Waals surface area contributed by atoms with Gasteiger partial charge in [-0.05, 0) is 159 Å². The number of carbonyl (C=O) groups is 6. The van der Waals surface area contributed by atoms with Gasteiger partial charge in [0.1, 0.15) is 24.2 Å². The molecule has 76 heavy (non-hydrogen) atoms. The molecule has 2 aromatic rings. The van der Waals surface area contributed by atoms with Crippen LogP contribution in [0.5, 0.6) is 0 Å². The third-order valence-corrected chi connectivity index (χ3v) is 12.3. The first-order chi connectivity index (χ1) is 35.7. The molecular weight excluding hydrogens is 1000 g/mol. The number of anilines is 4. The van der Waals surface area contributed by atoms with Crippen molar-refractivity contribution >= 4 is 93.1 Å². The summed E-state index contributed by atoms with van der Waals surface area (Å²) >= 11 is 11.2. The molecule has 20 heteroatoms. The van der Waals surface area contributed by atoms with Gasteiger partial charge in [-0.15, -0.1) is 0 Å². The average Bonchev–Trinajstić information content (AvgIpc) is 3.32. The standard InChI is InChI=1S/C56H94N12O6S2/c1-33(2)25-45(49(69)57-29-37(9)10)65-53(73)61-41-17-19-42(20-18-41)62-54(74)66-46(26-34(3)4)50(70)59-31-39(13)15-16-40(14)32-60-52(72)48(28-36(7)8)68-56(76)64-44-23-21-43(22-24-44)63-55(75)67-47(27-35(5)6)51(71)58-30-38(11)12/h17-24,33-40,45-48H,15-16,25-32H2,1-14H3,(H,57,69)(H,58,71)(H,59,70)(H,60,72)(H2,61,65,73)(H2,62,66,74)(H2,63,67,75)(H2,64,68,76)/t39?,40?,45-,46-,47-,48-/m0/s1. The Bertz CT molecular complexity index is 1990. The Morgan fingerprint density at radius 3 is 0.829 bits per heavy atom. The third-order valence-electron chi connectivity index (χ3n) is 11.9. The summed E-state index contributed by atoms with van der Waals surface area (Å²) in [6.45, 7) is 30.4. The topological polar surface area (TPSA) is 247 Å². The van der Waals surface area contributed by atoms with Crippen molar-refractivity contribution in [1.82, 2.24) is 42.5 Å². The number of amides is 8. The molecule has 0 aromatic heterocycles. The number of hydrogen-bond donors (Lipinski definition) is 12. The molecule has 0 spiro atoms. The Balaban J connectivity index is 1.85. The second kappa shape index (κ2) is 34.8. The second-order valence-corrected chi connectivity index (χ2v) is 23.6. The number of nitrogens with one attached hydrogen (secondary N) is 12. The monoisotopic (exact) mass is 1090 g/mol. The lowest BCUT2D eigenvalue weighted by Crippen LogP contribution is -2.49. The summed E-state index contributed by atoms with van der Waals surface area (Å²) in [6.07, 6.45) is 3.76. The van der Waals surface area contributed by atoms with E-state index in [9.17, 15) is 28.8 Å². The highest BCUT2D eigenvalue weighted by molar-refractivity contribution is 7.80. The van der Waals surface area contributed by atoms with Gasteiger partial charge in [0.25, 0.3) is 0 Å². The van der Waals surface area contributed by atoms with Crippen LogP contribution in [0.2, 0.25) is 0 Å². The van der Waals surface area contributed by atoms with Crippen LogP contribution in [0.4, 0.5) is 32.3 Å². The van der Waals surface area contributed by atoms with Gasteiger partial charge in [-0.25, -0.2) is 9.59 Å². The van der Waals surface area contributed by atoms with E-state index in [1.807, 2.05) is 65.8 Å². The Morgan fingerprint density at radius 1 is 0.342 bits per heavy atom. The minimum atomic E-state index is -0.766. The quantitative estimate of drug-likeness (QED) is 0.0317. The predicted molar refractivity (Wildman–Crippen MR) is 318 cm³/mol. The SMILES string of the molecule is CC(C)CNC(=O)[C@H](CC(C)C)NC(=O)Nc1ccc(NC(=O)N[C@@H](CC(C)C)C(=O)NCC(C)CCC(C)CNC(=O)[C@H](CC(C)C)NC(=S)Nc2ccc(NC(=S)N[C@@H](CC(C)C)C(=O)NCC(C)C)cc2)cc1. The number of urea groups is 2. The molecule has 0 radical (unpaired) electrons. The molecule has 0 bridgehead atoms. The van der Waals surface area contributed by atoms with Crippen LogP contribution in [0.25, 0.3) is 0 Å². The van der Waals surface area contributed by atoms with Crippen LogP contribution in [0.3, 0.4) is 0 Å². The van der Waals surface area contributed by atoms with Gasteiger partial charge in [-0.2, -0.15) is 0 Å². The van der Waals surface area contributed by atoms with Crippen molar-refractivity contribution in [2.75, 3.05) is 47.4 Å². The van der Waals surface area contributed by atoms with Gasteiger partial charge in [-0.3, -0.25) is 19.2 Å². The highest BCUT2D eigenvalue weighted by Crippen LogP contribution is 2.18. The molecule has 2 aromatic carbocycles. The van der Waals surface area contributed by atoms with Gasteiger partial charge < -0.3 is 63.8 Å². The number of hydrogen-bond acceptors (Lipinski definition) is 8. The lowest BCUT2D eigenvalue weighted by Gasteiger charge is -2.24. The highest BCUT2D eigenvalue weighted by atomic mass is 32.1. The number of carbonyl (C=O) groups excluding carboxylic acids is 6. The summed E-state index contributed by atoms with van der Waals surface area (Å²) in [6, 6.07) is 10.4. The predicted octanol–water partition coefficient (Wildman–Crippen LogP) is 8.69. The van der Waals surface area contributed by atoms with E-state index in [4.69, 9.17) is 24.4 Å². The molecule has 0 heterocycles. The van der Waals surface area contributed by atoms with E-state index in [2.05, 4.69) is 119 Å².